The summed E-state index contributed by atoms with van der Waals surface area (Å²) in [5.41, 5.74) is 0.0135. The number of benzene rings is 1. The van der Waals surface area contributed by atoms with Crippen molar-refractivity contribution < 1.29 is 18.4 Å². The van der Waals surface area contributed by atoms with Gasteiger partial charge in [0.05, 0.1) is 0 Å². The van der Waals surface area contributed by atoms with Gasteiger partial charge in [-0.05, 0) is 24.1 Å². The molecule has 21 heavy (non-hydrogen) atoms. The molecule has 1 unspecified atom stereocenters. The predicted octanol–water partition coefficient (Wildman–Crippen LogP) is 3.23. The fourth-order valence-corrected chi connectivity index (χ4v) is 3.65. The van der Waals surface area contributed by atoms with Crippen LogP contribution in [0.15, 0.2) is 54.9 Å². The lowest BCUT2D eigenvalue weighted by atomic mass is 10.1. The van der Waals surface area contributed by atoms with Crippen molar-refractivity contribution in [1.82, 2.24) is 4.57 Å². The Bertz CT molecular complexity index is 616. The number of carbonyl (C=O) groups is 1. The highest BCUT2D eigenvalue weighted by molar-refractivity contribution is 7.55. The van der Waals surface area contributed by atoms with E-state index in [0.717, 1.165) is 5.56 Å². The van der Waals surface area contributed by atoms with Crippen molar-refractivity contribution in [2.24, 2.45) is 0 Å². The highest BCUT2D eigenvalue weighted by Crippen LogP contribution is 2.53. The Balaban J connectivity index is 2.35. The Labute approximate surface area is 124 Å². The maximum absolute atomic E-state index is 12.7. The average Bonchev–Trinajstić information content (AvgIpc) is 3.06. The summed E-state index contributed by atoms with van der Waals surface area (Å²) in [6, 6.07) is 12.9. The molecule has 0 amide bonds. The number of aromatic nitrogens is 1. The minimum Gasteiger partial charge on any atom is -0.311 e. The molecule has 0 saturated carbocycles. The van der Waals surface area contributed by atoms with Gasteiger partial charge >= 0.3 is 7.60 Å². The SMILES string of the molecule is COP(=O)(OC)C(Cc1ccccc1)C(=O)n1cccc1. The van der Waals surface area contributed by atoms with E-state index in [-0.39, 0.29) is 12.3 Å². The smallest absolute Gasteiger partial charge is 0.311 e. The third kappa shape index (κ3) is 3.50. The summed E-state index contributed by atoms with van der Waals surface area (Å²) in [4.78, 5) is 12.6. The van der Waals surface area contributed by atoms with Gasteiger partial charge in [0.15, 0.2) is 0 Å². The van der Waals surface area contributed by atoms with Crippen LogP contribution in [-0.4, -0.2) is 30.4 Å². The molecule has 0 aliphatic carbocycles. The first-order valence-electron chi connectivity index (χ1n) is 6.53. The van der Waals surface area contributed by atoms with Crippen molar-refractivity contribution >= 4 is 13.5 Å². The molecule has 5 nitrogen and oxygen atoms in total. The van der Waals surface area contributed by atoms with E-state index >= 15 is 0 Å². The molecule has 2 rings (SSSR count). The van der Waals surface area contributed by atoms with Crippen molar-refractivity contribution in [3.63, 3.8) is 0 Å². The maximum atomic E-state index is 12.7. The van der Waals surface area contributed by atoms with Gasteiger partial charge in [0.2, 0.25) is 5.91 Å². The normalized spacial score (nSPS) is 13.0. The van der Waals surface area contributed by atoms with Gasteiger partial charge in [0.1, 0.15) is 5.66 Å². The highest BCUT2D eigenvalue weighted by atomic mass is 31.2. The van der Waals surface area contributed by atoms with Crippen LogP contribution in [0.1, 0.15) is 10.4 Å². The molecule has 0 N–H and O–H groups in total. The van der Waals surface area contributed by atoms with Crippen molar-refractivity contribution in [2.75, 3.05) is 14.2 Å². The fourth-order valence-electron chi connectivity index (χ4n) is 2.15. The Morgan fingerprint density at radius 1 is 1.10 bits per heavy atom. The molecule has 1 heterocycles. The molecule has 6 heteroatoms. The lowest BCUT2D eigenvalue weighted by Gasteiger charge is -2.23. The molecule has 0 bridgehead atoms. The predicted molar refractivity (Wildman–Crippen MR) is 80.6 cm³/mol. The van der Waals surface area contributed by atoms with Crippen molar-refractivity contribution in [2.45, 2.75) is 12.1 Å². The van der Waals surface area contributed by atoms with Crippen molar-refractivity contribution in [1.29, 1.82) is 0 Å². The molecule has 0 saturated heterocycles. The Hall–Kier alpha value is -1.68. The van der Waals surface area contributed by atoms with E-state index in [0.29, 0.717) is 0 Å². The maximum Gasteiger partial charge on any atom is 0.342 e. The molecule has 0 aliphatic rings. The number of nitrogens with zero attached hydrogens (tertiary/aromatic N) is 1. The Morgan fingerprint density at radius 3 is 2.19 bits per heavy atom. The number of hydrogen-bond acceptors (Lipinski definition) is 4. The minimum atomic E-state index is -3.52. The summed E-state index contributed by atoms with van der Waals surface area (Å²) in [6.07, 6.45) is 3.53. The van der Waals surface area contributed by atoms with Gasteiger partial charge in [0, 0.05) is 26.6 Å². The van der Waals surface area contributed by atoms with Gasteiger partial charge in [-0.1, -0.05) is 30.3 Å². The van der Waals surface area contributed by atoms with E-state index in [4.69, 9.17) is 9.05 Å². The third-order valence-corrected chi connectivity index (χ3v) is 5.49. The van der Waals surface area contributed by atoms with Crippen LogP contribution in [0.4, 0.5) is 0 Å². The molecule has 0 fully saturated rings. The molecule has 2 aromatic rings. The summed E-state index contributed by atoms with van der Waals surface area (Å²) in [6.45, 7) is 0. The van der Waals surface area contributed by atoms with Crippen LogP contribution in [0, 0.1) is 0 Å². The minimum absolute atomic E-state index is 0.289. The largest absolute Gasteiger partial charge is 0.342 e. The van der Waals surface area contributed by atoms with Crippen LogP contribution in [0.3, 0.4) is 0 Å². The third-order valence-electron chi connectivity index (χ3n) is 3.31. The lowest BCUT2D eigenvalue weighted by Crippen LogP contribution is -2.29. The lowest BCUT2D eigenvalue weighted by molar-refractivity contribution is 0.0892. The van der Waals surface area contributed by atoms with Gasteiger partial charge in [-0.15, -0.1) is 0 Å². The van der Waals surface area contributed by atoms with E-state index in [1.54, 1.807) is 24.5 Å². The van der Waals surface area contributed by atoms with E-state index < -0.39 is 13.3 Å². The van der Waals surface area contributed by atoms with Crippen LogP contribution in [0.25, 0.3) is 0 Å². The zero-order chi connectivity index (χ0) is 15.3. The van der Waals surface area contributed by atoms with Crippen LogP contribution in [0.2, 0.25) is 0 Å². The van der Waals surface area contributed by atoms with Crippen molar-refractivity contribution in [3.8, 4) is 0 Å². The van der Waals surface area contributed by atoms with E-state index in [1.165, 1.54) is 18.8 Å². The van der Waals surface area contributed by atoms with Gasteiger partial charge in [-0.2, -0.15) is 0 Å². The molecule has 0 spiro atoms. The first-order valence-corrected chi connectivity index (χ1v) is 8.14. The monoisotopic (exact) mass is 307 g/mol. The molecular formula is C15H18NO4P. The summed E-state index contributed by atoms with van der Waals surface area (Å²) < 4.78 is 24.2. The second kappa shape index (κ2) is 6.85. The van der Waals surface area contributed by atoms with Crippen LogP contribution >= 0.6 is 7.60 Å². The highest BCUT2D eigenvalue weighted by Gasteiger charge is 2.40. The van der Waals surface area contributed by atoms with Gasteiger partial charge in [0.25, 0.3) is 0 Å². The molecule has 1 aromatic heterocycles. The topological polar surface area (TPSA) is 57.5 Å². The summed E-state index contributed by atoms with van der Waals surface area (Å²) in [5.74, 6) is -0.309. The number of hydrogen-bond donors (Lipinski definition) is 0. The molecule has 0 radical (unpaired) electrons. The van der Waals surface area contributed by atoms with Crippen LogP contribution < -0.4 is 0 Å². The standard InChI is InChI=1S/C15H18NO4P/c1-19-21(18,20-2)14(12-13-8-4-3-5-9-13)15(17)16-10-6-7-11-16/h3-11,14H,12H2,1-2H3. The molecule has 0 aliphatic heterocycles. The average molecular weight is 307 g/mol. The second-order valence-electron chi connectivity index (χ2n) is 4.54. The second-order valence-corrected chi connectivity index (χ2v) is 6.97. The molecule has 112 valence electrons. The molecular weight excluding hydrogens is 289 g/mol. The van der Waals surface area contributed by atoms with Crippen molar-refractivity contribution in [3.05, 3.63) is 60.4 Å². The Morgan fingerprint density at radius 2 is 1.67 bits per heavy atom. The fraction of sp³-hybridized carbons (Fsp3) is 0.267. The van der Waals surface area contributed by atoms with E-state index in [9.17, 15) is 9.36 Å². The zero-order valence-corrected chi connectivity index (χ0v) is 12.9. The quantitative estimate of drug-likeness (QED) is 0.769. The van der Waals surface area contributed by atoms with Gasteiger partial charge in [-0.25, -0.2) is 0 Å². The van der Waals surface area contributed by atoms with E-state index in [2.05, 4.69) is 0 Å². The molecule has 1 atom stereocenters. The summed E-state index contributed by atoms with van der Waals surface area (Å²) in [5, 5.41) is 0. The number of carbonyl (C=O) groups excluding carboxylic acids is 1. The van der Waals surface area contributed by atoms with Crippen LogP contribution in [0.5, 0.6) is 0 Å². The molecule has 1 aromatic carbocycles. The zero-order valence-electron chi connectivity index (χ0n) is 12.0. The van der Waals surface area contributed by atoms with Crippen LogP contribution in [-0.2, 0) is 20.0 Å². The van der Waals surface area contributed by atoms with Gasteiger partial charge in [-0.3, -0.25) is 13.9 Å². The summed E-state index contributed by atoms with van der Waals surface area (Å²) >= 11 is 0. The first kappa shape index (κ1) is 15.7. The number of rotatable bonds is 6. The van der Waals surface area contributed by atoms with E-state index in [1.807, 2.05) is 30.3 Å². The van der Waals surface area contributed by atoms with Gasteiger partial charge < -0.3 is 9.05 Å². The first-order chi connectivity index (χ1) is 10.1. The Kier molecular flexibility index (Phi) is 5.12. The summed E-state index contributed by atoms with van der Waals surface area (Å²) in [7, 11) is -0.931.